The smallest absolute Gasteiger partial charge is 0.271 e. The molecule has 0 unspecified atom stereocenters. The van der Waals surface area contributed by atoms with Crippen LogP contribution < -0.4 is 0 Å². The molecular weight excluding hydrogens is 916 g/mol. The van der Waals surface area contributed by atoms with Crippen molar-refractivity contribution in [3.8, 4) is 23.0 Å². The first-order chi connectivity index (χ1) is 28.9. The molecule has 320 valence electrons. The van der Waals surface area contributed by atoms with Gasteiger partial charge >= 0.3 is 0 Å². The summed E-state index contributed by atoms with van der Waals surface area (Å²) in [5.74, 6) is -0.549. The third kappa shape index (κ3) is 14.0. The van der Waals surface area contributed by atoms with Crippen LogP contribution in [0, 0.1) is 20.2 Å². The summed E-state index contributed by atoms with van der Waals surface area (Å²) in [6, 6.07) is 13.9. The summed E-state index contributed by atoms with van der Waals surface area (Å²) in [6.45, 7) is 5.62. The van der Waals surface area contributed by atoms with Crippen LogP contribution in [0.5, 0.6) is 23.0 Å². The largest absolute Gasteiger partial charge is 0.507 e. The number of benzene rings is 4. The van der Waals surface area contributed by atoms with Gasteiger partial charge in [-0.15, -0.1) is 0 Å². The molecule has 0 amide bonds. The second-order valence-electron chi connectivity index (χ2n) is 13.4. The van der Waals surface area contributed by atoms with Crippen molar-refractivity contribution in [2.24, 2.45) is 9.98 Å². The molecular formula is C40H44Br2N6O12. The molecule has 0 radical (unpaired) electrons. The maximum absolute atomic E-state index is 11.2. The third-order valence-corrected chi connectivity index (χ3v) is 10.0. The summed E-state index contributed by atoms with van der Waals surface area (Å²) in [6.07, 6.45) is 2.68. The molecule has 0 aromatic heterocycles. The maximum Gasteiger partial charge on any atom is 0.271 e. The van der Waals surface area contributed by atoms with E-state index in [1.807, 2.05) is 0 Å². The minimum Gasteiger partial charge on any atom is -0.507 e. The van der Waals surface area contributed by atoms with Gasteiger partial charge in [-0.05, 0) is 36.4 Å². The Morgan fingerprint density at radius 1 is 0.567 bits per heavy atom. The first-order valence-electron chi connectivity index (χ1n) is 18.7. The molecule has 60 heavy (non-hydrogen) atoms. The Hall–Kier alpha value is -5.06. The highest BCUT2D eigenvalue weighted by Crippen LogP contribution is 2.34. The first-order valence-corrected chi connectivity index (χ1v) is 20.3. The number of halogens is 2. The fourth-order valence-electron chi connectivity index (χ4n) is 5.97. The average molecular weight is 961 g/mol. The molecule has 0 aliphatic carbocycles. The SMILES string of the molecule is O=[N+]([O-])c1ccc(O)c(N=Cc2cc(Br)cc(CN3CCOCCOCCN(Cc4cc(Br)cc(C=Nc5cc([N+](=O)[O-])ccc5O)c4O)CCOCCOCC3)c2O)c1. The lowest BCUT2D eigenvalue weighted by Gasteiger charge is -2.24. The van der Waals surface area contributed by atoms with E-state index in [9.17, 15) is 40.7 Å². The molecule has 4 aromatic rings. The van der Waals surface area contributed by atoms with Gasteiger partial charge in [-0.25, -0.2) is 0 Å². The molecule has 0 saturated carbocycles. The van der Waals surface area contributed by atoms with Crippen molar-refractivity contribution in [3.05, 3.63) is 112 Å². The third-order valence-electron chi connectivity index (χ3n) is 9.13. The topological polar surface area (TPSA) is 235 Å². The lowest BCUT2D eigenvalue weighted by Crippen LogP contribution is -2.32. The molecule has 1 heterocycles. The molecule has 0 atom stereocenters. The average Bonchev–Trinajstić information content (AvgIpc) is 3.21. The number of nitro groups is 2. The van der Waals surface area contributed by atoms with Gasteiger partial charge in [-0.1, -0.05) is 31.9 Å². The van der Waals surface area contributed by atoms with Crippen LogP contribution >= 0.6 is 31.9 Å². The molecule has 0 bridgehead atoms. The van der Waals surface area contributed by atoms with Gasteiger partial charge in [0.25, 0.3) is 11.4 Å². The highest BCUT2D eigenvalue weighted by Gasteiger charge is 2.17. The van der Waals surface area contributed by atoms with Crippen molar-refractivity contribution in [2.75, 3.05) is 79.0 Å². The molecule has 1 fully saturated rings. The lowest BCUT2D eigenvalue weighted by atomic mass is 10.1. The van der Waals surface area contributed by atoms with Gasteiger partial charge in [-0.3, -0.25) is 40.0 Å². The van der Waals surface area contributed by atoms with E-state index in [1.54, 1.807) is 24.3 Å². The van der Waals surface area contributed by atoms with Crippen molar-refractivity contribution >= 4 is 67.0 Å². The van der Waals surface area contributed by atoms with Crippen LogP contribution in [0.15, 0.2) is 79.6 Å². The predicted molar refractivity (Wildman–Crippen MR) is 229 cm³/mol. The summed E-state index contributed by atoms with van der Waals surface area (Å²) in [7, 11) is 0. The van der Waals surface area contributed by atoms with E-state index in [-0.39, 0.29) is 45.7 Å². The van der Waals surface area contributed by atoms with Gasteiger partial charge in [0, 0.05) is 107 Å². The number of non-ortho nitro benzene ring substituents is 2. The zero-order valence-electron chi connectivity index (χ0n) is 32.3. The number of rotatable bonds is 10. The lowest BCUT2D eigenvalue weighted by molar-refractivity contribution is -0.385. The van der Waals surface area contributed by atoms with E-state index in [4.69, 9.17) is 18.9 Å². The number of aliphatic imine (C=N–C) groups is 2. The fraction of sp³-hybridized carbons (Fsp3) is 0.350. The number of nitrogens with zero attached hydrogens (tertiary/aromatic N) is 6. The normalized spacial score (nSPS) is 16.2. The van der Waals surface area contributed by atoms with Crippen LogP contribution in [-0.4, -0.2) is 132 Å². The molecule has 4 aromatic carbocycles. The zero-order valence-corrected chi connectivity index (χ0v) is 35.5. The number of phenolic OH excluding ortho intramolecular Hbond substituents is 4. The Balaban J connectivity index is 1.17. The Bertz CT molecular complexity index is 2000. The standard InChI is InChI=1S/C40H44Br2N6O12/c41-31-17-27(23-43-35-21-33(47(53)54)1-3-37(35)49)39(51)29(19-31)25-45-5-9-57-13-15-59-11-7-46(8-12-60-16-14-58-10-6-45)26-30-20-32(42)18-28(40(30)52)24-44-36-22-34(48(55)56)2-4-38(36)50/h1-4,17-24,49-52H,5-16,25-26H2. The Kier molecular flexibility index (Phi) is 17.7. The van der Waals surface area contributed by atoms with E-state index in [1.165, 1.54) is 36.7 Å². The molecule has 18 nitrogen and oxygen atoms in total. The van der Waals surface area contributed by atoms with Gasteiger partial charge < -0.3 is 39.4 Å². The van der Waals surface area contributed by atoms with E-state index in [0.717, 1.165) is 12.1 Å². The van der Waals surface area contributed by atoms with Crippen molar-refractivity contribution in [1.82, 2.24) is 9.80 Å². The number of hydrogen-bond acceptors (Lipinski definition) is 16. The van der Waals surface area contributed by atoms with Crippen molar-refractivity contribution in [2.45, 2.75) is 13.1 Å². The maximum atomic E-state index is 11.2. The van der Waals surface area contributed by atoms with Crippen LogP contribution in [0.2, 0.25) is 0 Å². The highest BCUT2D eigenvalue weighted by atomic mass is 79.9. The highest BCUT2D eigenvalue weighted by molar-refractivity contribution is 9.10. The van der Waals surface area contributed by atoms with Gasteiger partial charge in [0.05, 0.1) is 62.7 Å². The Morgan fingerprint density at radius 3 is 1.25 bits per heavy atom. The molecule has 5 rings (SSSR count). The number of phenols is 4. The number of hydrogen-bond donors (Lipinski definition) is 4. The number of aromatic hydroxyl groups is 4. The van der Waals surface area contributed by atoms with Gasteiger partial charge in [-0.2, -0.15) is 0 Å². The molecule has 20 heteroatoms. The fourth-order valence-corrected chi connectivity index (χ4v) is 7.02. The predicted octanol–water partition coefficient (Wildman–Crippen LogP) is 6.74. The minimum atomic E-state index is -0.584. The molecule has 1 saturated heterocycles. The molecule has 4 N–H and O–H groups in total. The van der Waals surface area contributed by atoms with E-state index >= 15 is 0 Å². The number of nitro benzene ring substituents is 2. The summed E-state index contributed by atoms with van der Waals surface area (Å²) in [4.78, 5) is 33.8. The van der Waals surface area contributed by atoms with Gasteiger partial charge in [0.1, 0.15) is 34.4 Å². The van der Waals surface area contributed by atoms with Gasteiger partial charge in [0.15, 0.2) is 0 Å². The van der Waals surface area contributed by atoms with Crippen LogP contribution in [0.25, 0.3) is 0 Å². The minimum absolute atomic E-state index is 0.0122. The van der Waals surface area contributed by atoms with E-state index in [2.05, 4.69) is 51.6 Å². The summed E-state index contributed by atoms with van der Waals surface area (Å²) < 4.78 is 24.9. The second-order valence-corrected chi connectivity index (χ2v) is 15.2. The molecule has 0 spiro atoms. The van der Waals surface area contributed by atoms with E-state index < -0.39 is 9.85 Å². The van der Waals surface area contributed by atoms with Crippen molar-refractivity contribution in [3.63, 3.8) is 0 Å². The first kappa shape index (κ1) is 46.0. The number of ether oxygens (including phenoxy) is 4. The van der Waals surface area contributed by atoms with Crippen molar-refractivity contribution < 1.29 is 49.2 Å². The Labute approximate surface area is 361 Å². The summed E-state index contributed by atoms with van der Waals surface area (Å²) in [5, 5.41) is 65.1. The van der Waals surface area contributed by atoms with Gasteiger partial charge in [0.2, 0.25) is 0 Å². The second kappa shape index (κ2) is 23.1. The van der Waals surface area contributed by atoms with Crippen LogP contribution in [-0.2, 0) is 32.0 Å². The molecule has 1 aliphatic heterocycles. The quantitative estimate of drug-likeness (QED) is 0.0733. The summed E-state index contributed by atoms with van der Waals surface area (Å²) in [5.41, 5.74) is 1.39. The molecule has 1 aliphatic rings. The van der Waals surface area contributed by atoms with Crippen molar-refractivity contribution in [1.29, 1.82) is 0 Å². The zero-order chi connectivity index (χ0) is 43.0. The Morgan fingerprint density at radius 2 is 0.917 bits per heavy atom. The van der Waals surface area contributed by atoms with Crippen LogP contribution in [0.4, 0.5) is 22.7 Å². The van der Waals surface area contributed by atoms with Crippen LogP contribution in [0.3, 0.4) is 0 Å². The van der Waals surface area contributed by atoms with Crippen LogP contribution in [0.1, 0.15) is 22.3 Å². The monoisotopic (exact) mass is 958 g/mol. The van der Waals surface area contributed by atoms with E-state index in [0.29, 0.717) is 123 Å². The summed E-state index contributed by atoms with van der Waals surface area (Å²) >= 11 is 6.99.